The third-order valence-electron chi connectivity index (χ3n) is 4.69. The summed E-state index contributed by atoms with van der Waals surface area (Å²) in [6.45, 7) is 3.88. The first-order chi connectivity index (χ1) is 15.9. The van der Waals surface area contributed by atoms with Crippen molar-refractivity contribution in [2.75, 3.05) is 19.5 Å². The minimum atomic E-state index is -0.559. The second-order valence-corrected chi connectivity index (χ2v) is 8.34. The van der Waals surface area contributed by atoms with Crippen LogP contribution < -0.4 is 25.3 Å². The largest absolute Gasteiger partial charge is 0.497 e. The van der Waals surface area contributed by atoms with Crippen molar-refractivity contribution < 1.29 is 19.0 Å². The van der Waals surface area contributed by atoms with E-state index in [2.05, 4.69) is 15.3 Å². The van der Waals surface area contributed by atoms with E-state index >= 15 is 0 Å². The number of hydrogen-bond donors (Lipinski definition) is 2. The van der Waals surface area contributed by atoms with E-state index in [0.717, 1.165) is 0 Å². The summed E-state index contributed by atoms with van der Waals surface area (Å²) >= 11 is 1.23. The number of benzene rings is 1. The van der Waals surface area contributed by atoms with Gasteiger partial charge in [0.25, 0.3) is 5.91 Å². The van der Waals surface area contributed by atoms with Crippen LogP contribution in [0.15, 0.2) is 42.7 Å². The normalized spacial score (nSPS) is 10.9. The van der Waals surface area contributed by atoms with Crippen molar-refractivity contribution in [2.45, 2.75) is 20.0 Å². The number of methoxy groups -OCH3 is 2. The molecule has 3 aromatic heterocycles. The van der Waals surface area contributed by atoms with Gasteiger partial charge in [-0.25, -0.2) is 15.0 Å². The number of hydrogen-bond acceptors (Lipinski definition) is 9. The average molecular weight is 466 g/mol. The number of primary amides is 1. The zero-order chi connectivity index (χ0) is 23.5. The Morgan fingerprint density at radius 1 is 1.15 bits per heavy atom. The maximum absolute atomic E-state index is 12.2. The van der Waals surface area contributed by atoms with Crippen molar-refractivity contribution in [1.82, 2.24) is 15.0 Å². The van der Waals surface area contributed by atoms with E-state index in [1.54, 1.807) is 31.6 Å². The third kappa shape index (κ3) is 4.51. The summed E-state index contributed by atoms with van der Waals surface area (Å²) in [7, 11) is 3.12. The molecule has 1 amide bonds. The van der Waals surface area contributed by atoms with Gasteiger partial charge in [0.1, 0.15) is 16.4 Å². The first-order valence-corrected chi connectivity index (χ1v) is 10.9. The van der Waals surface area contributed by atoms with Crippen LogP contribution in [0.5, 0.6) is 17.4 Å². The van der Waals surface area contributed by atoms with E-state index < -0.39 is 5.91 Å². The fourth-order valence-electron chi connectivity index (χ4n) is 3.33. The van der Waals surface area contributed by atoms with Gasteiger partial charge in [0, 0.05) is 23.4 Å². The average Bonchev–Trinajstić information content (AvgIpc) is 3.18. The fraction of sp³-hybridized carbons (Fsp3) is 0.217. The number of carbonyl (C=O) groups is 1. The van der Waals surface area contributed by atoms with Crippen LogP contribution in [0.1, 0.15) is 23.5 Å². The molecule has 0 unspecified atom stereocenters. The molecule has 10 heteroatoms. The molecule has 0 bridgehead atoms. The van der Waals surface area contributed by atoms with E-state index in [4.69, 9.17) is 24.9 Å². The number of carbonyl (C=O) groups excluding carboxylic acids is 1. The molecule has 170 valence electrons. The van der Waals surface area contributed by atoms with Crippen LogP contribution in [-0.2, 0) is 0 Å². The smallest absolute Gasteiger partial charge is 0.259 e. The molecule has 4 aromatic rings. The number of nitrogens with zero attached hydrogens (tertiary/aromatic N) is 3. The zero-order valence-electron chi connectivity index (χ0n) is 18.6. The molecule has 0 saturated carbocycles. The van der Waals surface area contributed by atoms with Crippen molar-refractivity contribution >= 4 is 39.1 Å². The van der Waals surface area contributed by atoms with Gasteiger partial charge in [-0.2, -0.15) is 0 Å². The number of fused-ring (bicyclic) bond motifs is 1. The Hall–Kier alpha value is -3.92. The molecule has 0 spiro atoms. The van der Waals surface area contributed by atoms with Crippen molar-refractivity contribution in [3.8, 4) is 28.5 Å². The Labute approximate surface area is 194 Å². The summed E-state index contributed by atoms with van der Waals surface area (Å²) in [4.78, 5) is 25.9. The van der Waals surface area contributed by atoms with Crippen LogP contribution >= 0.6 is 11.3 Å². The highest BCUT2D eigenvalue weighted by atomic mass is 32.1. The maximum Gasteiger partial charge on any atom is 0.259 e. The van der Waals surface area contributed by atoms with Gasteiger partial charge in [0.05, 0.1) is 42.4 Å². The Morgan fingerprint density at radius 2 is 1.97 bits per heavy atom. The molecule has 0 aliphatic heterocycles. The topological polar surface area (TPSA) is 121 Å². The number of anilines is 2. The second-order valence-electron chi connectivity index (χ2n) is 7.29. The molecule has 3 heterocycles. The van der Waals surface area contributed by atoms with Gasteiger partial charge in [0.15, 0.2) is 0 Å². The molecule has 0 saturated heterocycles. The number of rotatable bonds is 8. The lowest BCUT2D eigenvalue weighted by atomic mass is 10.1. The van der Waals surface area contributed by atoms with Crippen LogP contribution in [0.2, 0.25) is 0 Å². The minimum absolute atomic E-state index is 0.0410. The highest BCUT2D eigenvalue weighted by Gasteiger charge is 2.23. The molecule has 0 aliphatic rings. The van der Waals surface area contributed by atoms with Crippen molar-refractivity contribution in [2.24, 2.45) is 5.73 Å². The van der Waals surface area contributed by atoms with Gasteiger partial charge in [0.2, 0.25) is 11.8 Å². The lowest BCUT2D eigenvalue weighted by Gasteiger charge is -2.16. The molecule has 9 nitrogen and oxygen atoms in total. The van der Waals surface area contributed by atoms with Crippen LogP contribution in [-0.4, -0.2) is 41.2 Å². The molecule has 0 radical (unpaired) electrons. The summed E-state index contributed by atoms with van der Waals surface area (Å²) in [5.41, 5.74) is 8.11. The predicted octanol–water partition coefficient (Wildman–Crippen LogP) is 4.40. The fourth-order valence-corrected chi connectivity index (χ4v) is 4.30. The van der Waals surface area contributed by atoms with Gasteiger partial charge in [-0.05, 0) is 38.1 Å². The summed E-state index contributed by atoms with van der Waals surface area (Å²) in [5, 5.41) is 3.21. The van der Waals surface area contributed by atoms with E-state index in [0.29, 0.717) is 55.2 Å². The van der Waals surface area contributed by atoms with Gasteiger partial charge in [-0.1, -0.05) is 0 Å². The summed E-state index contributed by atoms with van der Waals surface area (Å²) in [6.07, 6.45) is 3.23. The molecule has 0 atom stereocenters. The zero-order valence-corrected chi connectivity index (χ0v) is 19.4. The lowest BCUT2D eigenvalue weighted by Crippen LogP contribution is -2.10. The molecule has 1 aromatic carbocycles. The highest BCUT2D eigenvalue weighted by Crippen LogP contribution is 2.41. The monoisotopic (exact) mass is 465 g/mol. The van der Waals surface area contributed by atoms with Gasteiger partial charge < -0.3 is 25.3 Å². The number of nitrogens with one attached hydrogen (secondary N) is 1. The van der Waals surface area contributed by atoms with Crippen LogP contribution in [0, 0.1) is 0 Å². The molecule has 4 rings (SSSR count). The lowest BCUT2D eigenvalue weighted by molar-refractivity contribution is 0.100. The maximum atomic E-state index is 12.2. The molecular formula is C23H23N5O4S. The Kier molecular flexibility index (Phi) is 6.27. The van der Waals surface area contributed by atoms with E-state index in [9.17, 15) is 4.79 Å². The van der Waals surface area contributed by atoms with Crippen molar-refractivity contribution in [3.05, 3.63) is 47.6 Å². The Morgan fingerprint density at radius 3 is 2.67 bits per heavy atom. The highest BCUT2D eigenvalue weighted by molar-refractivity contribution is 7.21. The van der Waals surface area contributed by atoms with Crippen LogP contribution in [0.3, 0.4) is 0 Å². The summed E-state index contributed by atoms with van der Waals surface area (Å²) in [5.74, 6) is 1.42. The first-order valence-electron chi connectivity index (χ1n) is 10.1. The van der Waals surface area contributed by atoms with E-state index in [1.807, 2.05) is 32.0 Å². The first kappa shape index (κ1) is 22.3. The molecule has 33 heavy (non-hydrogen) atoms. The number of ether oxygens (including phenoxy) is 3. The summed E-state index contributed by atoms with van der Waals surface area (Å²) in [6, 6.07) is 9.02. The van der Waals surface area contributed by atoms with Crippen molar-refractivity contribution in [1.29, 1.82) is 0 Å². The number of amides is 1. The van der Waals surface area contributed by atoms with Crippen molar-refractivity contribution in [3.63, 3.8) is 0 Å². The van der Waals surface area contributed by atoms with Crippen LogP contribution in [0.4, 0.5) is 11.6 Å². The Balaban J connectivity index is 1.83. The standard InChI is InChI=1S/C23H23N5O4S/c1-12(2)32-16-10-13(30-3)7-8-15(16)27-23-26-11-17-19(28-23)18(20(33-17)21(24)29)14-6-5-9-25-22(14)31-4/h5-12H,1-4H3,(H2,24,29)(H,26,27,28). The number of nitrogens with two attached hydrogens (primary N) is 1. The number of thiophene rings is 1. The number of pyridine rings is 1. The molecule has 3 N–H and O–H groups in total. The van der Waals surface area contributed by atoms with Gasteiger partial charge >= 0.3 is 0 Å². The molecule has 0 fully saturated rings. The van der Waals surface area contributed by atoms with E-state index in [1.165, 1.54) is 18.4 Å². The van der Waals surface area contributed by atoms with Gasteiger partial charge in [-0.3, -0.25) is 4.79 Å². The number of aromatic nitrogens is 3. The second kappa shape index (κ2) is 9.29. The molecular weight excluding hydrogens is 442 g/mol. The van der Waals surface area contributed by atoms with Crippen LogP contribution in [0.25, 0.3) is 21.3 Å². The SMILES string of the molecule is COc1ccc(Nc2ncc3sc(C(N)=O)c(-c4cccnc4OC)c3n2)c(OC(C)C)c1. The van der Waals surface area contributed by atoms with E-state index in [-0.39, 0.29) is 6.10 Å². The summed E-state index contributed by atoms with van der Waals surface area (Å²) < 4.78 is 17.4. The molecule has 0 aliphatic carbocycles. The minimum Gasteiger partial charge on any atom is -0.497 e. The third-order valence-corrected chi connectivity index (χ3v) is 5.81. The predicted molar refractivity (Wildman–Crippen MR) is 128 cm³/mol. The quantitative estimate of drug-likeness (QED) is 0.393. The Bertz CT molecular complexity index is 1320. The van der Waals surface area contributed by atoms with Gasteiger partial charge in [-0.15, -0.1) is 11.3 Å².